The average Bonchev–Trinajstić information content (AvgIpc) is 2.20. The molecule has 0 saturated heterocycles. The maximum Gasteiger partial charge on any atom is 0.170 e. The molecule has 0 unspecified atom stereocenters. The van der Waals surface area contributed by atoms with Crippen LogP contribution in [-0.4, -0.2) is 22.9 Å². The molecule has 0 spiro atoms. The molecule has 1 aromatic carbocycles. The molecule has 1 atom stereocenters. The number of hydrogen-bond donors (Lipinski definition) is 3. The maximum absolute atomic E-state index is 9.10. The summed E-state index contributed by atoms with van der Waals surface area (Å²) in [5.41, 5.74) is 1.93. The highest BCUT2D eigenvalue weighted by Crippen LogP contribution is 2.19. The Labute approximate surface area is 106 Å². The Balaban J connectivity index is 2.59. The second kappa shape index (κ2) is 6.03. The molecule has 0 bridgehead atoms. The summed E-state index contributed by atoms with van der Waals surface area (Å²) >= 11 is 11.0. The molecule has 0 saturated carbocycles. The Morgan fingerprint density at radius 2 is 2.25 bits per heavy atom. The quantitative estimate of drug-likeness (QED) is 0.728. The lowest BCUT2D eigenvalue weighted by Gasteiger charge is -2.13. The van der Waals surface area contributed by atoms with Gasteiger partial charge in [0.1, 0.15) is 0 Å². The molecule has 0 aromatic heterocycles. The van der Waals surface area contributed by atoms with Gasteiger partial charge in [-0.15, -0.1) is 0 Å². The molecule has 3 nitrogen and oxygen atoms in total. The number of anilines is 1. The topological polar surface area (TPSA) is 44.3 Å². The van der Waals surface area contributed by atoms with Gasteiger partial charge in [-0.25, -0.2) is 0 Å². The molecule has 0 heterocycles. The Hall–Kier alpha value is -0.840. The van der Waals surface area contributed by atoms with E-state index in [1.807, 2.05) is 25.1 Å². The van der Waals surface area contributed by atoms with E-state index in [0.29, 0.717) is 16.7 Å². The van der Waals surface area contributed by atoms with E-state index in [2.05, 4.69) is 10.6 Å². The first-order valence-electron chi connectivity index (χ1n) is 4.98. The van der Waals surface area contributed by atoms with Crippen LogP contribution in [0.3, 0.4) is 0 Å². The van der Waals surface area contributed by atoms with Crippen molar-refractivity contribution >= 4 is 34.6 Å². The van der Waals surface area contributed by atoms with Crippen LogP contribution in [0.25, 0.3) is 0 Å². The molecule has 0 fully saturated rings. The van der Waals surface area contributed by atoms with Gasteiger partial charge in [0.05, 0.1) is 6.10 Å². The number of nitrogens with one attached hydrogen (secondary N) is 2. The number of benzene rings is 1. The highest BCUT2D eigenvalue weighted by atomic mass is 35.5. The van der Waals surface area contributed by atoms with Gasteiger partial charge in [0, 0.05) is 17.3 Å². The predicted molar refractivity (Wildman–Crippen MR) is 72.1 cm³/mol. The molecule has 0 aliphatic carbocycles. The summed E-state index contributed by atoms with van der Waals surface area (Å²) in [5, 5.41) is 16.2. The van der Waals surface area contributed by atoms with Crippen LogP contribution in [0.5, 0.6) is 0 Å². The first kappa shape index (κ1) is 13.2. The SMILES string of the molecule is Cc1ccc(Cl)cc1NC(=S)NC[C@H](C)O. The number of thiocarbonyl (C=S) groups is 1. The van der Waals surface area contributed by atoms with Crippen LogP contribution in [0.1, 0.15) is 12.5 Å². The van der Waals surface area contributed by atoms with Crippen LogP contribution in [0, 0.1) is 6.92 Å². The van der Waals surface area contributed by atoms with Gasteiger partial charge in [0.2, 0.25) is 0 Å². The number of aliphatic hydroxyl groups excluding tert-OH is 1. The molecule has 1 aromatic rings. The zero-order chi connectivity index (χ0) is 12.1. The lowest BCUT2D eigenvalue weighted by Crippen LogP contribution is -2.34. The van der Waals surface area contributed by atoms with E-state index >= 15 is 0 Å². The minimum absolute atomic E-state index is 0.422. The molecule has 0 aliphatic heterocycles. The number of aliphatic hydroxyl groups is 1. The van der Waals surface area contributed by atoms with E-state index < -0.39 is 6.10 Å². The number of halogens is 1. The third-order valence-electron chi connectivity index (χ3n) is 2.01. The molecule has 0 radical (unpaired) electrons. The van der Waals surface area contributed by atoms with Crippen LogP contribution in [0.2, 0.25) is 5.02 Å². The van der Waals surface area contributed by atoms with Gasteiger partial charge in [-0.05, 0) is 43.8 Å². The summed E-state index contributed by atoms with van der Waals surface area (Å²) in [6, 6.07) is 5.56. The zero-order valence-electron chi connectivity index (χ0n) is 9.25. The van der Waals surface area contributed by atoms with E-state index in [1.54, 1.807) is 6.92 Å². The maximum atomic E-state index is 9.10. The van der Waals surface area contributed by atoms with E-state index in [1.165, 1.54) is 0 Å². The standard InChI is InChI=1S/C11H15ClN2OS/c1-7-3-4-9(12)5-10(7)14-11(16)13-6-8(2)15/h3-5,8,15H,6H2,1-2H3,(H2,13,14,16)/t8-/m0/s1. The molecule has 16 heavy (non-hydrogen) atoms. The molecule has 88 valence electrons. The Morgan fingerprint density at radius 1 is 1.56 bits per heavy atom. The van der Waals surface area contributed by atoms with Gasteiger partial charge < -0.3 is 15.7 Å². The average molecular weight is 259 g/mol. The van der Waals surface area contributed by atoms with Gasteiger partial charge in [-0.2, -0.15) is 0 Å². The van der Waals surface area contributed by atoms with Gasteiger partial charge in [-0.1, -0.05) is 17.7 Å². The summed E-state index contributed by atoms with van der Waals surface area (Å²) in [7, 11) is 0. The van der Waals surface area contributed by atoms with Crippen LogP contribution in [-0.2, 0) is 0 Å². The van der Waals surface area contributed by atoms with Crippen LogP contribution >= 0.6 is 23.8 Å². The second-order valence-electron chi connectivity index (χ2n) is 3.64. The van der Waals surface area contributed by atoms with Crippen LogP contribution < -0.4 is 10.6 Å². The molecule has 0 aliphatic rings. The molecule has 3 N–H and O–H groups in total. The van der Waals surface area contributed by atoms with Gasteiger partial charge in [-0.3, -0.25) is 0 Å². The number of aryl methyl sites for hydroxylation is 1. The van der Waals surface area contributed by atoms with E-state index in [4.69, 9.17) is 28.9 Å². The highest BCUT2D eigenvalue weighted by Gasteiger charge is 2.02. The summed E-state index contributed by atoms with van der Waals surface area (Å²) in [6.45, 7) is 4.08. The zero-order valence-corrected chi connectivity index (χ0v) is 10.8. The van der Waals surface area contributed by atoms with Crippen molar-refractivity contribution in [3.05, 3.63) is 28.8 Å². The lowest BCUT2D eigenvalue weighted by atomic mass is 10.2. The Bertz CT molecular complexity index is 382. The number of rotatable bonds is 3. The fourth-order valence-corrected chi connectivity index (χ4v) is 1.50. The fraction of sp³-hybridized carbons (Fsp3) is 0.364. The first-order valence-corrected chi connectivity index (χ1v) is 5.76. The van der Waals surface area contributed by atoms with Crippen molar-refractivity contribution in [2.45, 2.75) is 20.0 Å². The largest absolute Gasteiger partial charge is 0.392 e. The van der Waals surface area contributed by atoms with Crippen molar-refractivity contribution in [2.75, 3.05) is 11.9 Å². The highest BCUT2D eigenvalue weighted by molar-refractivity contribution is 7.80. The van der Waals surface area contributed by atoms with Crippen molar-refractivity contribution in [3.63, 3.8) is 0 Å². The Morgan fingerprint density at radius 3 is 2.88 bits per heavy atom. The van der Waals surface area contributed by atoms with Crippen molar-refractivity contribution in [3.8, 4) is 0 Å². The monoisotopic (exact) mass is 258 g/mol. The minimum Gasteiger partial charge on any atom is -0.392 e. The van der Waals surface area contributed by atoms with Crippen molar-refractivity contribution in [2.24, 2.45) is 0 Å². The van der Waals surface area contributed by atoms with E-state index in [0.717, 1.165) is 11.3 Å². The third-order valence-corrected chi connectivity index (χ3v) is 2.49. The normalized spacial score (nSPS) is 12.0. The van der Waals surface area contributed by atoms with E-state index in [-0.39, 0.29) is 0 Å². The molecular weight excluding hydrogens is 244 g/mol. The molecular formula is C11H15ClN2OS. The van der Waals surface area contributed by atoms with Crippen molar-refractivity contribution in [1.82, 2.24) is 5.32 Å². The molecule has 0 amide bonds. The minimum atomic E-state index is -0.430. The van der Waals surface area contributed by atoms with E-state index in [9.17, 15) is 0 Å². The smallest absolute Gasteiger partial charge is 0.170 e. The van der Waals surface area contributed by atoms with Crippen molar-refractivity contribution in [1.29, 1.82) is 0 Å². The molecule has 5 heteroatoms. The number of hydrogen-bond acceptors (Lipinski definition) is 2. The molecule has 1 rings (SSSR count). The lowest BCUT2D eigenvalue weighted by molar-refractivity contribution is 0.198. The Kier molecular flexibility index (Phi) is 4.99. The van der Waals surface area contributed by atoms with Gasteiger partial charge in [0.25, 0.3) is 0 Å². The van der Waals surface area contributed by atoms with Gasteiger partial charge in [0.15, 0.2) is 5.11 Å². The fourth-order valence-electron chi connectivity index (χ4n) is 1.14. The summed E-state index contributed by atoms with van der Waals surface area (Å²) < 4.78 is 0. The second-order valence-corrected chi connectivity index (χ2v) is 4.49. The summed E-state index contributed by atoms with van der Waals surface area (Å²) in [5.74, 6) is 0. The van der Waals surface area contributed by atoms with Crippen LogP contribution in [0.15, 0.2) is 18.2 Å². The summed E-state index contributed by atoms with van der Waals surface area (Å²) in [6.07, 6.45) is -0.430. The third kappa shape index (κ3) is 4.35. The van der Waals surface area contributed by atoms with Gasteiger partial charge >= 0.3 is 0 Å². The summed E-state index contributed by atoms with van der Waals surface area (Å²) in [4.78, 5) is 0. The van der Waals surface area contributed by atoms with Crippen molar-refractivity contribution < 1.29 is 5.11 Å². The first-order chi connectivity index (χ1) is 7.49. The van der Waals surface area contributed by atoms with Crippen LogP contribution in [0.4, 0.5) is 5.69 Å². The predicted octanol–water partition coefficient (Wildman–Crippen LogP) is 2.32.